The fourth-order valence-electron chi connectivity index (χ4n) is 1.63. The highest BCUT2D eigenvalue weighted by molar-refractivity contribution is 5.89. The average Bonchev–Trinajstić information content (AvgIpc) is 2.11. The van der Waals surface area contributed by atoms with E-state index >= 15 is 0 Å². The summed E-state index contributed by atoms with van der Waals surface area (Å²) in [4.78, 5) is 13.4. The van der Waals surface area contributed by atoms with Crippen molar-refractivity contribution in [3.63, 3.8) is 0 Å². The lowest BCUT2D eigenvalue weighted by molar-refractivity contribution is -0.153. The molecule has 3 heteroatoms. The lowest BCUT2D eigenvalue weighted by Gasteiger charge is -2.49. The number of carbonyl (C=O) groups excluding carboxylic acids is 1. The van der Waals surface area contributed by atoms with Gasteiger partial charge in [0.1, 0.15) is 0 Å². The second-order valence-corrected chi connectivity index (χ2v) is 3.72. The number of hydrogen-bond donors (Lipinski definition) is 1. The Morgan fingerprint density at radius 1 is 1.58 bits per heavy atom. The smallest absolute Gasteiger partial charge is 0.230 e. The van der Waals surface area contributed by atoms with E-state index in [9.17, 15) is 4.79 Å². The van der Waals surface area contributed by atoms with Crippen molar-refractivity contribution in [1.82, 2.24) is 10.2 Å². The van der Waals surface area contributed by atoms with Crippen LogP contribution in [0.25, 0.3) is 0 Å². The Balaban J connectivity index is 2.65. The molecule has 0 radical (unpaired) electrons. The van der Waals surface area contributed by atoms with Crippen molar-refractivity contribution >= 4 is 5.91 Å². The lowest BCUT2D eigenvalue weighted by Crippen LogP contribution is -2.71. The van der Waals surface area contributed by atoms with Gasteiger partial charge in [0.25, 0.3) is 0 Å². The molecular formula is C9H18N2O. The maximum Gasteiger partial charge on any atom is 0.230 e. The van der Waals surface area contributed by atoms with Crippen molar-refractivity contribution in [3.8, 4) is 0 Å². The molecule has 2 unspecified atom stereocenters. The molecule has 70 valence electrons. The van der Waals surface area contributed by atoms with Gasteiger partial charge in [0, 0.05) is 0 Å². The van der Waals surface area contributed by atoms with Gasteiger partial charge in [-0.3, -0.25) is 9.69 Å². The van der Waals surface area contributed by atoms with Crippen LogP contribution >= 0.6 is 0 Å². The molecule has 3 nitrogen and oxygen atoms in total. The van der Waals surface area contributed by atoms with Crippen LogP contribution in [-0.2, 0) is 4.79 Å². The minimum absolute atomic E-state index is 0.162. The first-order chi connectivity index (χ1) is 5.56. The van der Waals surface area contributed by atoms with Gasteiger partial charge in [-0.1, -0.05) is 13.8 Å². The quantitative estimate of drug-likeness (QED) is 0.636. The summed E-state index contributed by atoms with van der Waals surface area (Å²) in [6.07, 6.45) is 1.15. The number of carbonyl (C=O) groups is 1. The van der Waals surface area contributed by atoms with Crippen LogP contribution in [-0.4, -0.2) is 30.6 Å². The van der Waals surface area contributed by atoms with Crippen LogP contribution in [0.1, 0.15) is 27.2 Å². The summed E-state index contributed by atoms with van der Waals surface area (Å²) < 4.78 is 0. The van der Waals surface area contributed by atoms with E-state index in [2.05, 4.69) is 24.1 Å². The molecule has 0 aromatic carbocycles. The van der Waals surface area contributed by atoms with Crippen LogP contribution in [0, 0.1) is 5.41 Å². The molecule has 0 aliphatic carbocycles. The Morgan fingerprint density at radius 2 is 2.17 bits per heavy atom. The van der Waals surface area contributed by atoms with Crippen molar-refractivity contribution in [1.29, 1.82) is 0 Å². The Hall–Kier alpha value is -0.570. The minimum Gasteiger partial charge on any atom is -0.339 e. The first kappa shape index (κ1) is 9.52. The van der Waals surface area contributed by atoms with Crippen LogP contribution in [0.3, 0.4) is 0 Å². The first-order valence-corrected chi connectivity index (χ1v) is 4.57. The molecule has 0 aromatic heterocycles. The highest BCUT2D eigenvalue weighted by atomic mass is 16.2. The Morgan fingerprint density at radius 3 is 2.50 bits per heavy atom. The molecule has 0 saturated carbocycles. The van der Waals surface area contributed by atoms with Gasteiger partial charge in [-0.2, -0.15) is 0 Å². The summed E-state index contributed by atoms with van der Waals surface area (Å²) >= 11 is 0. The number of amides is 1. The molecule has 0 spiro atoms. The van der Waals surface area contributed by atoms with Crippen LogP contribution in [0.5, 0.6) is 0 Å². The van der Waals surface area contributed by atoms with E-state index in [4.69, 9.17) is 0 Å². The molecule has 1 fully saturated rings. The molecule has 1 aliphatic heterocycles. The summed E-state index contributed by atoms with van der Waals surface area (Å²) in [6.45, 7) is 7.17. The van der Waals surface area contributed by atoms with E-state index in [1.54, 1.807) is 0 Å². The first-order valence-electron chi connectivity index (χ1n) is 4.57. The summed E-state index contributed by atoms with van der Waals surface area (Å²) in [5.74, 6) is 0.190. The topological polar surface area (TPSA) is 32.3 Å². The Bertz CT molecular complexity index is 193. The highest BCUT2D eigenvalue weighted by Crippen LogP contribution is 2.35. The van der Waals surface area contributed by atoms with E-state index in [1.807, 2.05) is 14.0 Å². The van der Waals surface area contributed by atoms with Gasteiger partial charge in [-0.25, -0.2) is 0 Å². The van der Waals surface area contributed by atoms with Gasteiger partial charge in [0.15, 0.2) is 0 Å². The zero-order valence-corrected chi connectivity index (χ0v) is 8.35. The molecule has 12 heavy (non-hydrogen) atoms. The van der Waals surface area contributed by atoms with Crippen molar-refractivity contribution in [2.45, 2.75) is 33.4 Å². The summed E-state index contributed by atoms with van der Waals surface area (Å²) in [6, 6.07) is 0. The maximum absolute atomic E-state index is 11.3. The van der Waals surface area contributed by atoms with E-state index in [0.717, 1.165) is 13.0 Å². The van der Waals surface area contributed by atoms with Crippen LogP contribution in [0.4, 0.5) is 0 Å². The van der Waals surface area contributed by atoms with Gasteiger partial charge in [0.2, 0.25) is 5.91 Å². The largest absolute Gasteiger partial charge is 0.339 e. The normalized spacial score (nSPS) is 34.8. The molecule has 0 aromatic rings. The maximum atomic E-state index is 11.3. The van der Waals surface area contributed by atoms with Crippen LogP contribution in [0.2, 0.25) is 0 Å². The van der Waals surface area contributed by atoms with E-state index in [1.165, 1.54) is 0 Å². The number of rotatable bonds is 3. The lowest BCUT2D eigenvalue weighted by atomic mass is 9.76. The zero-order chi connectivity index (χ0) is 9.35. The molecule has 1 saturated heterocycles. The molecule has 2 atom stereocenters. The molecule has 1 heterocycles. The third kappa shape index (κ3) is 1.12. The van der Waals surface area contributed by atoms with E-state index in [0.29, 0.717) is 0 Å². The number of β-lactam (4-membered cyclic amide) rings is 1. The second kappa shape index (κ2) is 3.05. The highest BCUT2D eigenvalue weighted by Gasteiger charge is 2.51. The number of nitrogens with zero attached hydrogens (tertiary/aromatic N) is 1. The molecule has 1 rings (SSSR count). The molecule has 1 aliphatic rings. The second-order valence-electron chi connectivity index (χ2n) is 3.72. The van der Waals surface area contributed by atoms with Crippen molar-refractivity contribution in [2.24, 2.45) is 5.41 Å². The number of nitrogens with one attached hydrogen (secondary N) is 1. The summed E-state index contributed by atoms with van der Waals surface area (Å²) in [5.41, 5.74) is -0.162. The Kier molecular flexibility index (Phi) is 2.42. The van der Waals surface area contributed by atoms with E-state index < -0.39 is 0 Å². The SMILES string of the molecule is CCN(C)C1NC(=O)C1(C)CC. The van der Waals surface area contributed by atoms with Gasteiger partial charge in [-0.05, 0) is 26.9 Å². The standard InChI is InChI=1S/C9H18N2O/c1-5-9(3)7(10-8(9)12)11(4)6-2/h7H,5-6H2,1-4H3,(H,10,12). The zero-order valence-electron chi connectivity index (χ0n) is 8.35. The fraction of sp³-hybridized carbons (Fsp3) is 0.889. The van der Waals surface area contributed by atoms with Gasteiger partial charge < -0.3 is 5.32 Å². The van der Waals surface area contributed by atoms with Crippen LogP contribution < -0.4 is 5.32 Å². The van der Waals surface area contributed by atoms with E-state index in [-0.39, 0.29) is 17.5 Å². The molecule has 1 N–H and O–H groups in total. The van der Waals surface area contributed by atoms with Crippen molar-refractivity contribution in [2.75, 3.05) is 13.6 Å². The van der Waals surface area contributed by atoms with Crippen LogP contribution in [0.15, 0.2) is 0 Å². The monoisotopic (exact) mass is 170 g/mol. The van der Waals surface area contributed by atoms with Gasteiger partial charge >= 0.3 is 0 Å². The third-order valence-corrected chi connectivity index (χ3v) is 3.06. The molecule has 1 amide bonds. The third-order valence-electron chi connectivity index (χ3n) is 3.06. The Labute approximate surface area is 74.1 Å². The van der Waals surface area contributed by atoms with Gasteiger partial charge in [-0.15, -0.1) is 0 Å². The summed E-state index contributed by atoms with van der Waals surface area (Å²) in [5, 5.41) is 2.92. The molecule has 0 bridgehead atoms. The average molecular weight is 170 g/mol. The number of hydrogen-bond acceptors (Lipinski definition) is 2. The fourth-order valence-corrected chi connectivity index (χ4v) is 1.63. The minimum atomic E-state index is -0.162. The van der Waals surface area contributed by atoms with Crippen molar-refractivity contribution in [3.05, 3.63) is 0 Å². The molecular weight excluding hydrogens is 152 g/mol. The summed E-state index contributed by atoms with van der Waals surface area (Å²) in [7, 11) is 2.04. The van der Waals surface area contributed by atoms with Gasteiger partial charge in [0.05, 0.1) is 11.6 Å². The van der Waals surface area contributed by atoms with Crippen molar-refractivity contribution < 1.29 is 4.79 Å². The predicted molar refractivity (Wildman–Crippen MR) is 48.6 cm³/mol. The predicted octanol–water partition coefficient (Wildman–Crippen LogP) is 0.810.